The number of nitrogens with one attached hydrogen (secondary N) is 2. The van der Waals surface area contributed by atoms with Crippen LogP contribution < -0.4 is 10.6 Å². The van der Waals surface area contributed by atoms with Crippen molar-refractivity contribution in [1.82, 2.24) is 25.8 Å². The Morgan fingerprint density at radius 2 is 2.00 bits per heavy atom. The molecule has 0 spiro atoms. The van der Waals surface area contributed by atoms with Crippen LogP contribution in [-0.2, 0) is 13.0 Å². The van der Waals surface area contributed by atoms with Gasteiger partial charge in [0.25, 0.3) is 0 Å². The molecular weight excluding hydrogens is 463 g/mol. The van der Waals surface area contributed by atoms with E-state index in [0.29, 0.717) is 18.4 Å². The maximum Gasteiger partial charge on any atom is 0.226 e. The average molecular weight is 492 g/mol. The van der Waals surface area contributed by atoms with Gasteiger partial charge in [-0.05, 0) is 27.2 Å². The Balaban J connectivity index is 0.00000338. The Hall–Kier alpha value is -1.23. The number of thiazole rings is 1. The molecule has 0 aliphatic rings. The second-order valence-corrected chi connectivity index (χ2v) is 7.46. The molecule has 2 aromatic rings. The Morgan fingerprint density at radius 3 is 2.58 bits per heavy atom. The van der Waals surface area contributed by atoms with Crippen LogP contribution in [0.1, 0.15) is 60.4 Å². The molecule has 0 aromatic carbocycles. The van der Waals surface area contributed by atoms with Crippen LogP contribution in [-0.4, -0.2) is 34.2 Å². The van der Waals surface area contributed by atoms with E-state index in [1.807, 2.05) is 13.8 Å². The Kier molecular flexibility index (Phi) is 10.1. The van der Waals surface area contributed by atoms with Crippen molar-refractivity contribution >= 4 is 41.3 Å². The first-order valence-corrected chi connectivity index (χ1v) is 9.58. The summed E-state index contributed by atoms with van der Waals surface area (Å²) in [6, 6.07) is 0. The molecule has 0 unspecified atom stereocenters. The second-order valence-electron chi connectivity index (χ2n) is 6.17. The highest BCUT2D eigenvalue weighted by molar-refractivity contribution is 14.0. The maximum atomic E-state index is 5.26. The second kappa shape index (κ2) is 11.5. The number of aromatic nitrogens is 3. The Bertz CT molecular complexity index is 697. The van der Waals surface area contributed by atoms with Crippen molar-refractivity contribution in [2.45, 2.75) is 59.9 Å². The fraction of sp³-hybridized carbons (Fsp3) is 0.647. The van der Waals surface area contributed by atoms with E-state index in [1.54, 1.807) is 11.3 Å². The van der Waals surface area contributed by atoms with Crippen LogP contribution in [0.25, 0.3) is 0 Å². The molecule has 0 saturated carbocycles. The number of halogens is 1. The van der Waals surface area contributed by atoms with Gasteiger partial charge in [-0.3, -0.25) is 0 Å². The zero-order chi connectivity index (χ0) is 18.2. The van der Waals surface area contributed by atoms with Crippen LogP contribution >= 0.6 is 35.3 Å². The smallest absolute Gasteiger partial charge is 0.226 e. The number of aryl methyl sites for hydroxylation is 3. The molecule has 7 nitrogen and oxygen atoms in total. The van der Waals surface area contributed by atoms with Crippen molar-refractivity contribution in [1.29, 1.82) is 0 Å². The fourth-order valence-electron chi connectivity index (χ4n) is 2.26. The van der Waals surface area contributed by atoms with Gasteiger partial charge in [-0.1, -0.05) is 19.0 Å². The summed E-state index contributed by atoms with van der Waals surface area (Å²) in [7, 11) is 0. The normalized spacial score (nSPS) is 11.5. The van der Waals surface area contributed by atoms with Crippen LogP contribution in [0, 0.1) is 13.8 Å². The molecular formula is C17H29IN6OS. The SMILES string of the molecule is CCNC(=NCc1sc(C)nc1C)NCCCc1nc(C(C)C)no1.I. The first-order valence-electron chi connectivity index (χ1n) is 8.77. The molecule has 2 aromatic heterocycles. The number of rotatable bonds is 8. The van der Waals surface area contributed by atoms with Crippen LogP contribution in [0.3, 0.4) is 0 Å². The van der Waals surface area contributed by atoms with Crippen LogP contribution in [0.5, 0.6) is 0 Å². The minimum Gasteiger partial charge on any atom is -0.357 e. The van der Waals surface area contributed by atoms with Gasteiger partial charge in [-0.25, -0.2) is 9.98 Å². The van der Waals surface area contributed by atoms with Crippen molar-refractivity contribution in [2.24, 2.45) is 4.99 Å². The van der Waals surface area contributed by atoms with Gasteiger partial charge in [-0.15, -0.1) is 35.3 Å². The summed E-state index contributed by atoms with van der Waals surface area (Å²) >= 11 is 1.70. The summed E-state index contributed by atoms with van der Waals surface area (Å²) in [6.07, 6.45) is 1.67. The van der Waals surface area contributed by atoms with Crippen molar-refractivity contribution in [3.63, 3.8) is 0 Å². The molecule has 0 fully saturated rings. The van der Waals surface area contributed by atoms with Gasteiger partial charge in [0, 0.05) is 30.3 Å². The van der Waals surface area contributed by atoms with E-state index < -0.39 is 0 Å². The van der Waals surface area contributed by atoms with E-state index in [0.717, 1.165) is 48.4 Å². The Labute approximate surface area is 176 Å². The molecule has 0 atom stereocenters. The van der Waals surface area contributed by atoms with Gasteiger partial charge in [0.1, 0.15) is 0 Å². The van der Waals surface area contributed by atoms with E-state index in [1.165, 1.54) is 4.88 Å². The Morgan fingerprint density at radius 1 is 1.23 bits per heavy atom. The molecule has 0 aliphatic heterocycles. The van der Waals surface area contributed by atoms with Gasteiger partial charge in [-0.2, -0.15) is 4.98 Å². The van der Waals surface area contributed by atoms with E-state index in [-0.39, 0.29) is 24.0 Å². The highest BCUT2D eigenvalue weighted by atomic mass is 127. The van der Waals surface area contributed by atoms with Crippen molar-refractivity contribution < 1.29 is 4.52 Å². The third-order valence-electron chi connectivity index (χ3n) is 3.58. The monoisotopic (exact) mass is 492 g/mol. The quantitative estimate of drug-likeness (QED) is 0.254. The lowest BCUT2D eigenvalue weighted by Gasteiger charge is -2.10. The molecule has 26 heavy (non-hydrogen) atoms. The number of aliphatic imine (C=N–C) groups is 1. The number of hydrogen-bond acceptors (Lipinski definition) is 6. The molecule has 0 radical (unpaired) electrons. The molecule has 2 heterocycles. The lowest BCUT2D eigenvalue weighted by Crippen LogP contribution is -2.37. The van der Waals surface area contributed by atoms with Crippen molar-refractivity contribution in [2.75, 3.05) is 13.1 Å². The van der Waals surface area contributed by atoms with Gasteiger partial charge in [0.2, 0.25) is 5.89 Å². The average Bonchev–Trinajstić information content (AvgIpc) is 3.15. The summed E-state index contributed by atoms with van der Waals surface area (Å²) in [4.78, 5) is 14.7. The third kappa shape index (κ3) is 7.18. The van der Waals surface area contributed by atoms with Crippen molar-refractivity contribution in [3.05, 3.63) is 27.3 Å². The summed E-state index contributed by atoms with van der Waals surface area (Å²) in [6.45, 7) is 12.5. The maximum absolute atomic E-state index is 5.26. The van der Waals surface area contributed by atoms with Crippen LogP contribution in [0.15, 0.2) is 9.52 Å². The molecule has 2 rings (SSSR count). The number of hydrogen-bond donors (Lipinski definition) is 2. The highest BCUT2D eigenvalue weighted by Crippen LogP contribution is 2.17. The molecule has 9 heteroatoms. The van der Waals surface area contributed by atoms with Gasteiger partial charge in [0.05, 0.1) is 17.2 Å². The molecule has 0 amide bonds. The molecule has 0 bridgehead atoms. The van der Waals surface area contributed by atoms with E-state index >= 15 is 0 Å². The molecule has 146 valence electrons. The van der Waals surface area contributed by atoms with Gasteiger partial charge >= 0.3 is 0 Å². The summed E-state index contributed by atoms with van der Waals surface area (Å²) in [5.74, 6) is 2.58. The zero-order valence-corrected chi connectivity index (χ0v) is 19.3. The molecule has 2 N–H and O–H groups in total. The minimum absolute atomic E-state index is 0. The minimum atomic E-state index is 0. The van der Waals surface area contributed by atoms with Crippen molar-refractivity contribution in [3.8, 4) is 0 Å². The number of guanidine groups is 1. The van der Waals surface area contributed by atoms with E-state index in [9.17, 15) is 0 Å². The standard InChI is InChI=1S/C17H28N6OS.HI/c1-6-18-17(20-10-14-12(4)21-13(5)25-14)19-9-7-8-15-22-16(11(2)3)23-24-15;/h11H,6-10H2,1-5H3,(H2,18,19,20);1H. The largest absolute Gasteiger partial charge is 0.357 e. The predicted octanol–water partition coefficient (Wildman–Crippen LogP) is 3.57. The fourth-order valence-corrected chi connectivity index (χ4v) is 3.12. The van der Waals surface area contributed by atoms with Crippen LogP contribution in [0.4, 0.5) is 0 Å². The predicted molar refractivity (Wildman–Crippen MR) is 117 cm³/mol. The summed E-state index contributed by atoms with van der Waals surface area (Å²) in [5.41, 5.74) is 1.07. The van der Waals surface area contributed by atoms with Gasteiger partial charge in [0.15, 0.2) is 11.8 Å². The highest BCUT2D eigenvalue weighted by Gasteiger charge is 2.09. The van der Waals surface area contributed by atoms with Crippen LogP contribution in [0.2, 0.25) is 0 Å². The zero-order valence-electron chi connectivity index (χ0n) is 16.1. The van der Waals surface area contributed by atoms with E-state index in [4.69, 9.17) is 4.52 Å². The summed E-state index contributed by atoms with van der Waals surface area (Å²) < 4.78 is 5.26. The lowest BCUT2D eigenvalue weighted by molar-refractivity contribution is 0.368. The summed E-state index contributed by atoms with van der Waals surface area (Å²) in [5, 5.41) is 11.7. The first-order chi connectivity index (χ1) is 12.0. The first kappa shape index (κ1) is 22.8. The number of nitrogens with zero attached hydrogens (tertiary/aromatic N) is 4. The van der Waals surface area contributed by atoms with E-state index in [2.05, 4.69) is 51.5 Å². The molecule has 0 aliphatic carbocycles. The van der Waals surface area contributed by atoms with Gasteiger partial charge < -0.3 is 15.2 Å². The topological polar surface area (TPSA) is 88.2 Å². The molecule has 0 saturated heterocycles. The third-order valence-corrected chi connectivity index (χ3v) is 4.64. The lowest BCUT2D eigenvalue weighted by atomic mass is 10.2.